The molecule has 3 rings (SSSR count). The van der Waals surface area contributed by atoms with Gasteiger partial charge in [0.2, 0.25) is 0 Å². The molecule has 2 fully saturated rings. The molecule has 1 unspecified atom stereocenters. The third kappa shape index (κ3) is 3.63. The van der Waals surface area contributed by atoms with Crippen molar-refractivity contribution in [2.45, 2.75) is 57.5 Å². The number of carbonyl (C=O) groups is 1. The van der Waals surface area contributed by atoms with Crippen LogP contribution in [0, 0.1) is 0 Å². The summed E-state index contributed by atoms with van der Waals surface area (Å²) in [4.78, 5) is 14.9. The van der Waals surface area contributed by atoms with E-state index in [1.54, 1.807) is 0 Å². The summed E-state index contributed by atoms with van der Waals surface area (Å²) in [6, 6.07) is 7.59. The number of ether oxygens (including phenoxy) is 2. The molecule has 0 bridgehead atoms. The summed E-state index contributed by atoms with van der Waals surface area (Å²) in [7, 11) is 0. The third-order valence-electron chi connectivity index (χ3n) is 4.89. The van der Waals surface area contributed by atoms with Crippen molar-refractivity contribution in [3.8, 4) is 0 Å². The lowest BCUT2D eigenvalue weighted by atomic mass is 9.96. The van der Waals surface area contributed by atoms with E-state index in [4.69, 9.17) is 9.47 Å². The number of amides is 1. The molecule has 0 aromatic heterocycles. The smallest absolute Gasteiger partial charge is 0.254 e. The number of likely N-dealkylation sites (tertiary alicyclic amines) is 1. The highest BCUT2D eigenvalue weighted by molar-refractivity contribution is 5.96. The Labute approximate surface area is 143 Å². The van der Waals surface area contributed by atoms with E-state index in [0.717, 1.165) is 31.2 Å². The highest BCUT2D eigenvalue weighted by Gasteiger charge is 2.34. The van der Waals surface area contributed by atoms with Crippen molar-refractivity contribution in [1.82, 2.24) is 4.90 Å². The lowest BCUT2D eigenvalue weighted by Gasteiger charge is -2.38. The Morgan fingerprint density at radius 2 is 2.08 bits per heavy atom. The normalized spacial score (nSPS) is 27.0. The summed E-state index contributed by atoms with van der Waals surface area (Å²) in [5, 5.41) is 9.61. The largest absolute Gasteiger partial charge is 0.394 e. The Morgan fingerprint density at radius 1 is 1.29 bits per heavy atom. The number of aliphatic hydroxyl groups excluding tert-OH is 1. The first-order valence-corrected chi connectivity index (χ1v) is 8.84. The van der Waals surface area contributed by atoms with Crippen LogP contribution in [-0.2, 0) is 9.47 Å². The Morgan fingerprint density at radius 3 is 2.83 bits per heavy atom. The van der Waals surface area contributed by atoms with Crippen molar-refractivity contribution >= 4 is 5.91 Å². The fourth-order valence-corrected chi connectivity index (χ4v) is 3.65. The van der Waals surface area contributed by atoms with Gasteiger partial charge in [-0.05, 0) is 44.7 Å². The summed E-state index contributed by atoms with van der Waals surface area (Å²) in [6.07, 6.45) is 3.51. The van der Waals surface area contributed by atoms with Crippen molar-refractivity contribution in [3.63, 3.8) is 0 Å². The van der Waals surface area contributed by atoms with Gasteiger partial charge in [-0.25, -0.2) is 0 Å². The topological polar surface area (TPSA) is 59.0 Å². The summed E-state index contributed by atoms with van der Waals surface area (Å²) in [5.41, 5.74) is 1.60. The maximum Gasteiger partial charge on any atom is 0.254 e. The van der Waals surface area contributed by atoms with Crippen molar-refractivity contribution in [1.29, 1.82) is 0 Å². The minimum absolute atomic E-state index is 0.00255. The number of piperidine rings is 1. The van der Waals surface area contributed by atoms with Crippen LogP contribution in [0.2, 0.25) is 0 Å². The van der Waals surface area contributed by atoms with Gasteiger partial charge in [0.05, 0.1) is 25.4 Å². The predicted octanol–water partition coefficient (Wildman–Crippen LogP) is 2.89. The number of nitrogens with zero attached hydrogens (tertiary/aromatic N) is 1. The monoisotopic (exact) mass is 333 g/mol. The first kappa shape index (κ1) is 17.4. The summed E-state index contributed by atoms with van der Waals surface area (Å²) < 4.78 is 11.7. The molecular weight excluding hydrogens is 306 g/mol. The number of hydrogen-bond donors (Lipinski definition) is 1. The molecule has 24 heavy (non-hydrogen) atoms. The van der Waals surface area contributed by atoms with E-state index in [1.165, 1.54) is 0 Å². The van der Waals surface area contributed by atoms with Crippen molar-refractivity contribution in [3.05, 3.63) is 35.4 Å². The molecule has 1 aromatic rings. The maximum absolute atomic E-state index is 13.1. The van der Waals surface area contributed by atoms with Crippen molar-refractivity contribution in [2.75, 3.05) is 19.8 Å². The van der Waals surface area contributed by atoms with E-state index in [2.05, 4.69) is 0 Å². The third-order valence-corrected chi connectivity index (χ3v) is 4.89. The van der Waals surface area contributed by atoms with E-state index < -0.39 is 5.79 Å². The quantitative estimate of drug-likeness (QED) is 0.924. The highest BCUT2D eigenvalue weighted by atomic mass is 16.7. The standard InChI is InChI=1S/C19H27NO4/c1-19(2)23-12-10-17(24-19)15-8-3-4-9-16(15)18(22)20-11-6-5-7-14(20)13-21/h3-4,8-9,14,17,21H,5-7,10-13H2,1-2H3/t14-,17?/m0/s1. The lowest BCUT2D eigenvalue weighted by Crippen LogP contribution is -2.46. The van der Waals surface area contributed by atoms with Gasteiger partial charge in [-0.15, -0.1) is 0 Å². The molecule has 0 aliphatic carbocycles. The molecule has 2 heterocycles. The Hall–Kier alpha value is -1.43. The minimum Gasteiger partial charge on any atom is -0.394 e. The van der Waals surface area contributed by atoms with Gasteiger partial charge >= 0.3 is 0 Å². The number of benzene rings is 1. The first-order chi connectivity index (χ1) is 11.5. The second-order valence-electron chi connectivity index (χ2n) is 7.06. The molecule has 1 amide bonds. The zero-order chi connectivity index (χ0) is 17.2. The number of hydrogen-bond acceptors (Lipinski definition) is 4. The molecule has 132 valence electrons. The second kappa shape index (κ2) is 7.21. The molecule has 0 saturated carbocycles. The van der Waals surface area contributed by atoms with Crippen molar-refractivity contribution < 1.29 is 19.4 Å². The predicted molar refractivity (Wildman–Crippen MR) is 90.7 cm³/mol. The zero-order valence-electron chi connectivity index (χ0n) is 14.5. The number of rotatable bonds is 3. The molecule has 1 N–H and O–H groups in total. The zero-order valence-corrected chi connectivity index (χ0v) is 14.5. The Kier molecular flexibility index (Phi) is 5.23. The van der Waals surface area contributed by atoms with Crippen LogP contribution >= 0.6 is 0 Å². The van der Waals surface area contributed by atoms with Crippen LogP contribution in [0.4, 0.5) is 0 Å². The average molecular weight is 333 g/mol. The van der Waals surface area contributed by atoms with Gasteiger partial charge in [-0.2, -0.15) is 0 Å². The molecule has 1 aromatic carbocycles. The van der Waals surface area contributed by atoms with Gasteiger partial charge in [-0.3, -0.25) is 4.79 Å². The Bertz CT molecular complexity index is 586. The molecule has 2 aliphatic heterocycles. The molecule has 2 atom stereocenters. The Balaban J connectivity index is 1.87. The minimum atomic E-state index is -0.641. The summed E-state index contributed by atoms with van der Waals surface area (Å²) >= 11 is 0. The van der Waals surface area contributed by atoms with Crippen LogP contribution in [0.25, 0.3) is 0 Å². The van der Waals surface area contributed by atoms with Gasteiger partial charge in [0, 0.05) is 18.5 Å². The molecular formula is C19H27NO4. The van der Waals surface area contributed by atoms with Crippen molar-refractivity contribution in [2.24, 2.45) is 0 Å². The van der Waals surface area contributed by atoms with Gasteiger partial charge < -0.3 is 19.5 Å². The maximum atomic E-state index is 13.1. The molecule has 5 heteroatoms. The van der Waals surface area contributed by atoms with Crippen LogP contribution in [0.5, 0.6) is 0 Å². The lowest BCUT2D eigenvalue weighted by molar-refractivity contribution is -0.275. The van der Waals surface area contributed by atoms with Gasteiger partial charge in [0.1, 0.15) is 0 Å². The molecule has 0 spiro atoms. The van der Waals surface area contributed by atoms with E-state index in [0.29, 0.717) is 18.7 Å². The fourth-order valence-electron chi connectivity index (χ4n) is 3.65. The van der Waals surface area contributed by atoms with Crippen LogP contribution < -0.4 is 0 Å². The summed E-state index contributed by atoms with van der Waals surface area (Å²) in [5.74, 6) is -0.644. The second-order valence-corrected chi connectivity index (χ2v) is 7.06. The SMILES string of the molecule is CC1(C)OCCC(c2ccccc2C(=O)N2CCCC[C@H]2CO)O1. The molecule has 2 aliphatic rings. The van der Waals surface area contributed by atoms with E-state index >= 15 is 0 Å². The summed E-state index contributed by atoms with van der Waals surface area (Å²) in [6.45, 7) is 5.14. The fraction of sp³-hybridized carbons (Fsp3) is 0.632. The van der Waals surface area contributed by atoms with E-state index in [9.17, 15) is 9.90 Å². The van der Waals surface area contributed by atoms with Crippen LogP contribution in [0.3, 0.4) is 0 Å². The number of aliphatic hydroxyl groups is 1. The first-order valence-electron chi connectivity index (χ1n) is 8.84. The average Bonchev–Trinajstić information content (AvgIpc) is 2.60. The molecule has 2 saturated heterocycles. The van der Waals surface area contributed by atoms with Gasteiger partial charge in [-0.1, -0.05) is 18.2 Å². The van der Waals surface area contributed by atoms with Crippen LogP contribution in [0.1, 0.15) is 61.6 Å². The number of carbonyl (C=O) groups excluding carboxylic acids is 1. The molecule has 0 radical (unpaired) electrons. The van der Waals surface area contributed by atoms with Gasteiger partial charge in [0.25, 0.3) is 5.91 Å². The van der Waals surface area contributed by atoms with E-state index in [-0.39, 0.29) is 24.7 Å². The molecule has 5 nitrogen and oxygen atoms in total. The van der Waals surface area contributed by atoms with E-state index in [1.807, 2.05) is 43.0 Å². The van der Waals surface area contributed by atoms with Gasteiger partial charge in [0.15, 0.2) is 5.79 Å². The van der Waals surface area contributed by atoms with Crippen LogP contribution in [0.15, 0.2) is 24.3 Å². The highest BCUT2D eigenvalue weighted by Crippen LogP contribution is 2.35. The van der Waals surface area contributed by atoms with Crippen LogP contribution in [-0.4, -0.2) is 47.5 Å².